The van der Waals surface area contributed by atoms with Crippen LogP contribution in [0.15, 0.2) is 30.3 Å². The van der Waals surface area contributed by atoms with E-state index in [4.69, 9.17) is 13.9 Å². The molecule has 196 valence electrons. The fraction of sp³-hybridized carbons (Fsp3) is 0.667. The van der Waals surface area contributed by atoms with Crippen LogP contribution in [0.5, 0.6) is 0 Å². The lowest BCUT2D eigenvalue weighted by atomic mass is 9.97. The van der Waals surface area contributed by atoms with Crippen LogP contribution in [-0.2, 0) is 20.5 Å². The summed E-state index contributed by atoms with van der Waals surface area (Å²) in [5, 5.41) is 0. The number of piperazine rings is 1. The van der Waals surface area contributed by atoms with Gasteiger partial charge in [-0.15, -0.1) is 0 Å². The van der Waals surface area contributed by atoms with Crippen LogP contribution in [0.25, 0.3) is 0 Å². The summed E-state index contributed by atoms with van der Waals surface area (Å²) in [6.45, 7) is 9.94. The van der Waals surface area contributed by atoms with Crippen molar-refractivity contribution in [2.75, 3.05) is 6.54 Å². The second-order valence-electron chi connectivity index (χ2n) is 11.1. The summed E-state index contributed by atoms with van der Waals surface area (Å²) in [7, 11) is -2.70. The van der Waals surface area contributed by atoms with Crippen molar-refractivity contribution in [3.63, 3.8) is 0 Å². The largest absolute Gasteiger partial charge is 0.445 e. The minimum Gasteiger partial charge on any atom is -0.445 e. The van der Waals surface area contributed by atoms with Gasteiger partial charge in [-0.1, -0.05) is 30.3 Å². The van der Waals surface area contributed by atoms with E-state index in [1.54, 1.807) is 64.7 Å². The molecule has 2 bridgehead atoms. The highest BCUT2D eigenvalue weighted by atomic mass is 28.4. The SMILES string of the molecule is CC(C)(C)OC(=O)N1[C@H]2CC[C@@H]1[C@H](C(O[Si](C)(C)C)C(F)(F)F)N(C(=O)OCc1ccccc1)C2. The second kappa shape index (κ2) is 10.0. The average molecular weight is 517 g/mol. The summed E-state index contributed by atoms with van der Waals surface area (Å²) in [5.74, 6) is 0. The van der Waals surface area contributed by atoms with Gasteiger partial charge in [0, 0.05) is 6.54 Å². The number of ether oxygens (including phenoxy) is 2. The molecule has 4 atom stereocenters. The monoisotopic (exact) mass is 516 g/mol. The summed E-state index contributed by atoms with van der Waals surface area (Å²) in [5.41, 5.74) is -0.0887. The van der Waals surface area contributed by atoms with Crippen molar-refractivity contribution in [3.8, 4) is 0 Å². The van der Waals surface area contributed by atoms with Crippen LogP contribution in [-0.4, -0.2) is 72.9 Å². The predicted octanol–water partition coefficient (Wildman–Crippen LogP) is 5.56. The highest BCUT2D eigenvalue weighted by Crippen LogP contribution is 2.42. The number of alkyl halides is 3. The van der Waals surface area contributed by atoms with Crippen LogP contribution in [0, 0.1) is 0 Å². The van der Waals surface area contributed by atoms with Gasteiger partial charge in [0.2, 0.25) is 0 Å². The Hall–Kier alpha value is -2.27. The zero-order chi connectivity index (χ0) is 26.2. The maximum atomic E-state index is 14.4. The Morgan fingerprint density at radius 3 is 2.23 bits per heavy atom. The van der Waals surface area contributed by atoms with Crippen LogP contribution in [0.3, 0.4) is 0 Å². The third-order valence-corrected chi connectivity index (χ3v) is 6.83. The first-order valence-electron chi connectivity index (χ1n) is 11.8. The van der Waals surface area contributed by atoms with E-state index < -0.39 is 56.5 Å². The summed E-state index contributed by atoms with van der Waals surface area (Å²) in [6, 6.07) is 6.10. The van der Waals surface area contributed by atoms with E-state index in [1.165, 1.54) is 4.90 Å². The maximum Gasteiger partial charge on any atom is 0.415 e. The van der Waals surface area contributed by atoms with Crippen molar-refractivity contribution >= 4 is 20.5 Å². The summed E-state index contributed by atoms with van der Waals surface area (Å²) < 4.78 is 59.9. The average Bonchev–Trinajstić information content (AvgIpc) is 3.03. The highest BCUT2D eigenvalue weighted by molar-refractivity contribution is 6.69. The molecule has 1 unspecified atom stereocenters. The number of rotatable bonds is 5. The first-order chi connectivity index (χ1) is 16.1. The molecule has 1 aromatic carbocycles. The molecular weight excluding hydrogens is 481 g/mol. The van der Waals surface area contributed by atoms with Gasteiger partial charge in [0.15, 0.2) is 14.4 Å². The topological polar surface area (TPSA) is 68.3 Å². The number of fused-ring (bicyclic) bond motifs is 2. The molecule has 11 heteroatoms. The van der Waals surface area contributed by atoms with Crippen molar-refractivity contribution < 1.29 is 36.7 Å². The molecule has 2 aliphatic rings. The second-order valence-corrected chi connectivity index (χ2v) is 15.5. The number of nitrogens with zero attached hydrogens (tertiary/aromatic N) is 2. The number of hydrogen-bond donors (Lipinski definition) is 0. The Morgan fingerprint density at radius 1 is 1.06 bits per heavy atom. The van der Waals surface area contributed by atoms with Crippen LogP contribution >= 0.6 is 0 Å². The quantitative estimate of drug-likeness (QED) is 0.480. The molecule has 2 amide bonds. The zero-order valence-electron chi connectivity index (χ0n) is 21.1. The number of halogens is 3. The van der Waals surface area contributed by atoms with Crippen LogP contribution < -0.4 is 0 Å². The number of likely N-dealkylation sites (tertiary alicyclic amines) is 1. The molecule has 35 heavy (non-hydrogen) atoms. The van der Waals surface area contributed by atoms with E-state index in [9.17, 15) is 22.8 Å². The molecule has 0 N–H and O–H groups in total. The van der Waals surface area contributed by atoms with Crippen molar-refractivity contribution in [1.29, 1.82) is 0 Å². The zero-order valence-corrected chi connectivity index (χ0v) is 22.1. The van der Waals surface area contributed by atoms with E-state index in [0.29, 0.717) is 12.8 Å². The molecule has 1 aromatic rings. The standard InChI is InChI=1S/C24H35F3N2O5Si/c1-23(2,3)33-22(31)29-17-12-13-18(29)19(20(24(25,26)27)34-35(4,5)6)28(14-17)21(30)32-15-16-10-8-7-9-11-16/h7-11,17-20H,12-15H2,1-6H3/t17-,18+,19+,20?/m0/s1. The summed E-state index contributed by atoms with van der Waals surface area (Å²) in [6.07, 6.45) is -7.78. The molecule has 0 spiro atoms. The number of carbonyl (C=O) groups is 2. The van der Waals surface area contributed by atoms with Gasteiger partial charge in [-0.05, 0) is 58.8 Å². The van der Waals surface area contributed by atoms with Gasteiger partial charge in [-0.25, -0.2) is 9.59 Å². The Bertz CT molecular complexity index is 901. The molecular formula is C24H35F3N2O5Si. The summed E-state index contributed by atoms with van der Waals surface area (Å²) in [4.78, 5) is 28.7. The minimum absolute atomic E-state index is 0.0699. The van der Waals surface area contributed by atoms with Crippen molar-refractivity contribution in [2.45, 2.75) is 95.9 Å². The molecule has 3 rings (SSSR count). The van der Waals surface area contributed by atoms with E-state index in [0.717, 1.165) is 10.5 Å². The molecule has 2 saturated heterocycles. The predicted molar refractivity (Wildman–Crippen MR) is 126 cm³/mol. The molecule has 2 fully saturated rings. The van der Waals surface area contributed by atoms with Crippen LogP contribution in [0.4, 0.5) is 22.8 Å². The van der Waals surface area contributed by atoms with Gasteiger partial charge in [-0.3, -0.25) is 9.80 Å². The van der Waals surface area contributed by atoms with Gasteiger partial charge in [0.25, 0.3) is 0 Å². The smallest absolute Gasteiger partial charge is 0.415 e. The van der Waals surface area contributed by atoms with E-state index in [-0.39, 0.29) is 13.2 Å². The molecule has 2 heterocycles. The van der Waals surface area contributed by atoms with Gasteiger partial charge < -0.3 is 13.9 Å². The molecule has 0 radical (unpaired) electrons. The number of hydrogen-bond acceptors (Lipinski definition) is 5. The third kappa shape index (κ3) is 6.90. The molecule has 0 aromatic heterocycles. The van der Waals surface area contributed by atoms with E-state index >= 15 is 0 Å². The first kappa shape index (κ1) is 27.3. The highest BCUT2D eigenvalue weighted by Gasteiger charge is 2.60. The van der Waals surface area contributed by atoms with Gasteiger partial charge in [0.1, 0.15) is 12.2 Å². The van der Waals surface area contributed by atoms with Crippen molar-refractivity contribution in [2.24, 2.45) is 0 Å². The van der Waals surface area contributed by atoms with Gasteiger partial charge in [0.05, 0.1) is 18.1 Å². The number of carbonyl (C=O) groups excluding carboxylic acids is 2. The van der Waals surface area contributed by atoms with Crippen molar-refractivity contribution in [3.05, 3.63) is 35.9 Å². The number of amides is 2. The van der Waals surface area contributed by atoms with E-state index in [2.05, 4.69) is 0 Å². The van der Waals surface area contributed by atoms with Gasteiger partial charge in [-0.2, -0.15) is 13.2 Å². The maximum absolute atomic E-state index is 14.4. The fourth-order valence-corrected chi connectivity index (χ4v) is 5.69. The third-order valence-electron chi connectivity index (χ3n) is 5.87. The van der Waals surface area contributed by atoms with E-state index in [1.807, 2.05) is 6.07 Å². The van der Waals surface area contributed by atoms with Crippen LogP contribution in [0.1, 0.15) is 39.2 Å². The lowest BCUT2D eigenvalue weighted by molar-refractivity contribution is -0.222. The minimum atomic E-state index is -4.75. The Morgan fingerprint density at radius 2 is 1.69 bits per heavy atom. The molecule has 2 aliphatic heterocycles. The normalized spacial score (nSPS) is 23.7. The Labute approximate surface area is 205 Å². The first-order valence-corrected chi connectivity index (χ1v) is 15.2. The number of benzene rings is 1. The van der Waals surface area contributed by atoms with Gasteiger partial charge >= 0.3 is 18.4 Å². The molecule has 0 aliphatic carbocycles. The summed E-state index contributed by atoms with van der Waals surface area (Å²) >= 11 is 0. The molecule has 7 nitrogen and oxygen atoms in total. The lowest BCUT2D eigenvalue weighted by Gasteiger charge is -2.49. The fourth-order valence-electron chi connectivity index (χ4n) is 4.66. The lowest BCUT2D eigenvalue weighted by Crippen LogP contribution is -2.69. The Balaban J connectivity index is 1.94. The Kier molecular flexibility index (Phi) is 7.81. The van der Waals surface area contributed by atoms with Crippen molar-refractivity contribution in [1.82, 2.24) is 9.80 Å². The van der Waals surface area contributed by atoms with Crippen LogP contribution in [0.2, 0.25) is 19.6 Å². The molecule has 0 saturated carbocycles.